The Morgan fingerprint density at radius 3 is 2.67 bits per heavy atom. The molecule has 1 atom stereocenters. The number of piperidine rings is 1. The van der Waals surface area contributed by atoms with E-state index in [0.29, 0.717) is 0 Å². The van der Waals surface area contributed by atoms with Gasteiger partial charge in [0.1, 0.15) is 0 Å². The van der Waals surface area contributed by atoms with Gasteiger partial charge in [-0.2, -0.15) is 0 Å². The van der Waals surface area contributed by atoms with Crippen LogP contribution in [-0.2, 0) is 4.79 Å². The van der Waals surface area contributed by atoms with Crippen LogP contribution in [0.15, 0.2) is 0 Å². The lowest BCUT2D eigenvalue weighted by atomic mass is 9.98. The Hall–Kier alpha value is -0.570. The van der Waals surface area contributed by atoms with Crippen LogP contribution in [0.3, 0.4) is 0 Å². The SMILES string of the molecule is O=C(NCC1CCCC1)[C@H]1CCCNC1. The second-order valence-corrected chi connectivity index (χ2v) is 4.94. The fourth-order valence-electron chi connectivity index (χ4n) is 2.68. The van der Waals surface area contributed by atoms with E-state index in [0.717, 1.165) is 38.4 Å². The molecule has 0 bridgehead atoms. The smallest absolute Gasteiger partial charge is 0.224 e. The summed E-state index contributed by atoms with van der Waals surface area (Å²) in [6.45, 7) is 2.86. The first-order valence-corrected chi connectivity index (χ1v) is 6.34. The highest BCUT2D eigenvalue weighted by molar-refractivity contribution is 5.78. The van der Waals surface area contributed by atoms with Crippen molar-refractivity contribution in [3.05, 3.63) is 0 Å². The molecule has 0 aromatic carbocycles. The van der Waals surface area contributed by atoms with E-state index in [1.165, 1.54) is 25.7 Å². The molecule has 3 nitrogen and oxygen atoms in total. The first-order valence-electron chi connectivity index (χ1n) is 6.34. The van der Waals surface area contributed by atoms with E-state index < -0.39 is 0 Å². The van der Waals surface area contributed by atoms with Crippen LogP contribution in [0.2, 0.25) is 0 Å². The summed E-state index contributed by atoms with van der Waals surface area (Å²) < 4.78 is 0. The molecule has 1 amide bonds. The first-order chi connectivity index (χ1) is 7.36. The lowest BCUT2D eigenvalue weighted by Gasteiger charge is -2.22. The third kappa shape index (κ3) is 3.20. The molecule has 15 heavy (non-hydrogen) atoms. The Bertz CT molecular complexity index is 206. The van der Waals surface area contributed by atoms with Crippen molar-refractivity contribution in [2.75, 3.05) is 19.6 Å². The lowest BCUT2D eigenvalue weighted by molar-refractivity contribution is -0.125. The Morgan fingerprint density at radius 1 is 1.20 bits per heavy atom. The lowest BCUT2D eigenvalue weighted by Crippen LogP contribution is -2.41. The molecule has 0 radical (unpaired) electrons. The van der Waals surface area contributed by atoms with E-state index in [4.69, 9.17) is 0 Å². The second kappa shape index (κ2) is 5.50. The van der Waals surface area contributed by atoms with Gasteiger partial charge < -0.3 is 10.6 Å². The standard InChI is InChI=1S/C12H22N2O/c15-12(11-6-3-7-13-9-11)14-8-10-4-1-2-5-10/h10-11,13H,1-9H2,(H,14,15)/t11-/m0/s1. The van der Waals surface area contributed by atoms with Gasteiger partial charge in [-0.3, -0.25) is 4.79 Å². The summed E-state index contributed by atoms with van der Waals surface area (Å²) in [6.07, 6.45) is 7.52. The quantitative estimate of drug-likeness (QED) is 0.737. The first kappa shape index (κ1) is 10.9. The highest BCUT2D eigenvalue weighted by Crippen LogP contribution is 2.23. The van der Waals surface area contributed by atoms with Crippen LogP contribution >= 0.6 is 0 Å². The van der Waals surface area contributed by atoms with Gasteiger partial charge in [0.2, 0.25) is 5.91 Å². The summed E-state index contributed by atoms with van der Waals surface area (Å²) in [5.41, 5.74) is 0. The van der Waals surface area contributed by atoms with Gasteiger partial charge in [0.05, 0.1) is 5.92 Å². The topological polar surface area (TPSA) is 41.1 Å². The fraction of sp³-hybridized carbons (Fsp3) is 0.917. The molecule has 1 aliphatic carbocycles. The number of carbonyl (C=O) groups excluding carboxylic acids is 1. The third-order valence-corrected chi connectivity index (χ3v) is 3.71. The summed E-state index contributed by atoms with van der Waals surface area (Å²) in [5.74, 6) is 1.25. The van der Waals surface area contributed by atoms with Crippen LogP contribution in [0.25, 0.3) is 0 Å². The fourth-order valence-corrected chi connectivity index (χ4v) is 2.68. The maximum atomic E-state index is 11.8. The molecule has 3 heteroatoms. The van der Waals surface area contributed by atoms with Crippen LogP contribution in [0.5, 0.6) is 0 Å². The Morgan fingerprint density at radius 2 is 2.00 bits per heavy atom. The van der Waals surface area contributed by atoms with E-state index in [9.17, 15) is 4.79 Å². The van der Waals surface area contributed by atoms with Crippen molar-refractivity contribution < 1.29 is 4.79 Å². The molecule has 2 fully saturated rings. The highest BCUT2D eigenvalue weighted by Gasteiger charge is 2.22. The van der Waals surface area contributed by atoms with Gasteiger partial charge in [-0.25, -0.2) is 0 Å². The summed E-state index contributed by atoms with van der Waals surface area (Å²) in [6, 6.07) is 0. The molecule has 1 saturated heterocycles. The number of carbonyl (C=O) groups is 1. The second-order valence-electron chi connectivity index (χ2n) is 4.94. The molecule has 1 saturated carbocycles. The average Bonchev–Trinajstić information content (AvgIpc) is 2.80. The van der Waals surface area contributed by atoms with Crippen LogP contribution < -0.4 is 10.6 Å². The number of nitrogens with one attached hydrogen (secondary N) is 2. The zero-order chi connectivity index (χ0) is 10.5. The predicted molar refractivity (Wildman–Crippen MR) is 60.6 cm³/mol. The summed E-state index contributed by atoms with van der Waals surface area (Å²) in [5, 5.41) is 6.40. The Balaban J connectivity index is 1.66. The van der Waals surface area contributed by atoms with Gasteiger partial charge in [0.25, 0.3) is 0 Å². The average molecular weight is 210 g/mol. The molecule has 2 rings (SSSR count). The molecule has 0 aromatic heterocycles. The van der Waals surface area contributed by atoms with Gasteiger partial charge in [0.15, 0.2) is 0 Å². The van der Waals surface area contributed by atoms with Crippen molar-refractivity contribution in [1.82, 2.24) is 10.6 Å². The van der Waals surface area contributed by atoms with Gasteiger partial charge in [-0.15, -0.1) is 0 Å². The summed E-state index contributed by atoms with van der Waals surface area (Å²) >= 11 is 0. The number of rotatable bonds is 3. The summed E-state index contributed by atoms with van der Waals surface area (Å²) in [7, 11) is 0. The third-order valence-electron chi connectivity index (χ3n) is 3.71. The van der Waals surface area contributed by atoms with Crippen molar-refractivity contribution in [3.8, 4) is 0 Å². The summed E-state index contributed by atoms with van der Waals surface area (Å²) in [4.78, 5) is 11.8. The highest BCUT2D eigenvalue weighted by atomic mass is 16.1. The van der Waals surface area contributed by atoms with Gasteiger partial charge in [-0.05, 0) is 38.1 Å². The van der Waals surface area contributed by atoms with Crippen LogP contribution in [0, 0.1) is 11.8 Å². The van der Waals surface area contributed by atoms with Crippen LogP contribution in [0.4, 0.5) is 0 Å². The van der Waals surface area contributed by atoms with Crippen LogP contribution in [-0.4, -0.2) is 25.5 Å². The van der Waals surface area contributed by atoms with Gasteiger partial charge in [0, 0.05) is 13.1 Å². The van der Waals surface area contributed by atoms with Crippen molar-refractivity contribution in [1.29, 1.82) is 0 Å². The molecule has 2 aliphatic rings. The van der Waals surface area contributed by atoms with E-state index in [-0.39, 0.29) is 11.8 Å². The van der Waals surface area contributed by atoms with Crippen LogP contribution in [0.1, 0.15) is 38.5 Å². The maximum absolute atomic E-state index is 11.8. The van der Waals surface area contributed by atoms with Gasteiger partial charge in [-0.1, -0.05) is 12.8 Å². The largest absolute Gasteiger partial charge is 0.356 e. The van der Waals surface area contributed by atoms with Crippen molar-refractivity contribution in [2.45, 2.75) is 38.5 Å². The number of hydrogen-bond acceptors (Lipinski definition) is 2. The monoisotopic (exact) mass is 210 g/mol. The molecular weight excluding hydrogens is 188 g/mol. The molecule has 1 aliphatic heterocycles. The molecule has 0 spiro atoms. The van der Waals surface area contributed by atoms with E-state index >= 15 is 0 Å². The van der Waals surface area contributed by atoms with E-state index in [2.05, 4.69) is 10.6 Å². The minimum atomic E-state index is 0.222. The number of amides is 1. The maximum Gasteiger partial charge on any atom is 0.224 e. The predicted octanol–water partition coefficient (Wildman–Crippen LogP) is 1.29. The Kier molecular flexibility index (Phi) is 4.01. The molecular formula is C12H22N2O. The van der Waals surface area contributed by atoms with E-state index in [1.54, 1.807) is 0 Å². The molecule has 86 valence electrons. The molecule has 0 aromatic rings. The normalized spacial score (nSPS) is 27.9. The zero-order valence-electron chi connectivity index (χ0n) is 9.43. The Labute approximate surface area is 92.0 Å². The van der Waals surface area contributed by atoms with Crippen molar-refractivity contribution in [3.63, 3.8) is 0 Å². The minimum absolute atomic E-state index is 0.222. The molecule has 0 unspecified atom stereocenters. The van der Waals surface area contributed by atoms with Crippen molar-refractivity contribution in [2.24, 2.45) is 11.8 Å². The molecule has 1 heterocycles. The van der Waals surface area contributed by atoms with Gasteiger partial charge >= 0.3 is 0 Å². The minimum Gasteiger partial charge on any atom is -0.356 e. The van der Waals surface area contributed by atoms with Crippen molar-refractivity contribution >= 4 is 5.91 Å². The molecule has 2 N–H and O–H groups in total. The van der Waals surface area contributed by atoms with E-state index in [1.807, 2.05) is 0 Å². The zero-order valence-corrected chi connectivity index (χ0v) is 9.43. The number of hydrogen-bond donors (Lipinski definition) is 2.